The highest BCUT2D eigenvalue weighted by Gasteiger charge is 2.29. The van der Waals surface area contributed by atoms with E-state index in [1.54, 1.807) is 4.90 Å². The van der Waals surface area contributed by atoms with Gasteiger partial charge in [0, 0.05) is 24.1 Å². The molecule has 124 valence electrons. The number of aromatic nitrogens is 2. The van der Waals surface area contributed by atoms with Crippen molar-refractivity contribution in [3.8, 4) is 0 Å². The molecule has 2 heterocycles. The summed E-state index contributed by atoms with van der Waals surface area (Å²) in [5.41, 5.74) is 2.22. The fourth-order valence-corrected chi connectivity index (χ4v) is 2.96. The lowest BCUT2D eigenvalue weighted by molar-refractivity contribution is -0.127. The lowest BCUT2D eigenvalue weighted by atomic mass is 10.2. The third kappa shape index (κ3) is 2.96. The Bertz CT molecular complexity index is 824. The number of carbonyl (C=O) groups excluding carboxylic acids is 1. The number of hydrogen-bond donors (Lipinski definition) is 0. The molecule has 1 aliphatic carbocycles. The summed E-state index contributed by atoms with van der Waals surface area (Å²) < 4.78 is 28.7. The van der Waals surface area contributed by atoms with Crippen molar-refractivity contribution >= 4 is 12.0 Å². The third-order valence-electron chi connectivity index (χ3n) is 4.49. The largest absolute Gasteiger partial charge is 0.331 e. The quantitative estimate of drug-likeness (QED) is 0.812. The van der Waals surface area contributed by atoms with Gasteiger partial charge in [-0.3, -0.25) is 9.48 Å². The van der Waals surface area contributed by atoms with Gasteiger partial charge in [0.2, 0.25) is 5.91 Å². The van der Waals surface area contributed by atoms with Gasteiger partial charge in [0.05, 0.1) is 24.5 Å². The molecule has 1 aromatic heterocycles. The van der Waals surface area contributed by atoms with Crippen LogP contribution in [0.2, 0.25) is 0 Å². The molecule has 0 unspecified atom stereocenters. The van der Waals surface area contributed by atoms with E-state index in [4.69, 9.17) is 0 Å². The van der Waals surface area contributed by atoms with Crippen LogP contribution in [0.4, 0.5) is 8.78 Å². The fraction of sp³-hybridized carbons (Fsp3) is 0.333. The first-order chi connectivity index (χ1) is 11.6. The van der Waals surface area contributed by atoms with Gasteiger partial charge in [-0.15, -0.1) is 0 Å². The summed E-state index contributed by atoms with van der Waals surface area (Å²) in [6.45, 7) is 1.72. The molecule has 1 aliphatic heterocycles. The molecule has 0 atom stereocenters. The molecule has 6 heteroatoms. The fourth-order valence-electron chi connectivity index (χ4n) is 2.96. The predicted molar refractivity (Wildman–Crippen MR) is 85.0 cm³/mol. The summed E-state index contributed by atoms with van der Waals surface area (Å²) in [7, 11) is 0. The van der Waals surface area contributed by atoms with E-state index in [1.807, 2.05) is 4.68 Å². The highest BCUT2D eigenvalue weighted by Crippen LogP contribution is 2.39. The Morgan fingerprint density at radius 1 is 1.21 bits per heavy atom. The molecule has 1 amide bonds. The topological polar surface area (TPSA) is 38.1 Å². The minimum Gasteiger partial charge on any atom is -0.331 e. The molecule has 0 spiro atoms. The number of benzene rings is 1. The lowest BCUT2D eigenvalue weighted by Gasteiger charge is -2.26. The van der Waals surface area contributed by atoms with Crippen molar-refractivity contribution in [2.24, 2.45) is 0 Å². The van der Waals surface area contributed by atoms with Gasteiger partial charge in [0.1, 0.15) is 11.6 Å². The van der Waals surface area contributed by atoms with Crippen molar-refractivity contribution in [3.63, 3.8) is 0 Å². The molecule has 4 rings (SSSR count). The second kappa shape index (κ2) is 5.85. The second-order valence-electron chi connectivity index (χ2n) is 6.32. The van der Waals surface area contributed by atoms with Gasteiger partial charge < -0.3 is 4.90 Å². The van der Waals surface area contributed by atoms with Crippen molar-refractivity contribution in [2.45, 2.75) is 31.8 Å². The third-order valence-corrected chi connectivity index (χ3v) is 4.49. The van der Waals surface area contributed by atoms with Crippen LogP contribution in [-0.4, -0.2) is 27.1 Å². The standard InChI is InChI=1S/C18H17F2N3O/c19-14-4-5-16(20)13(9-14)3-6-18(24)22-7-8-23-15(11-22)10-17(21-23)12-1-2-12/h3-6,9-10,12H,1-2,7-8,11H2. The number of amides is 1. The zero-order valence-corrected chi connectivity index (χ0v) is 13.1. The maximum absolute atomic E-state index is 13.6. The normalized spacial score (nSPS) is 17.3. The van der Waals surface area contributed by atoms with Gasteiger partial charge in [-0.25, -0.2) is 8.78 Å². The molecular weight excluding hydrogens is 312 g/mol. The zero-order valence-electron chi connectivity index (χ0n) is 13.1. The van der Waals surface area contributed by atoms with Gasteiger partial charge >= 0.3 is 0 Å². The molecule has 2 aliphatic rings. The van der Waals surface area contributed by atoms with E-state index in [1.165, 1.54) is 25.0 Å². The number of rotatable bonds is 3. The van der Waals surface area contributed by atoms with Crippen LogP contribution in [0.5, 0.6) is 0 Å². The molecule has 4 nitrogen and oxygen atoms in total. The van der Waals surface area contributed by atoms with E-state index in [9.17, 15) is 13.6 Å². The Balaban J connectivity index is 1.46. The molecule has 0 N–H and O–H groups in total. The summed E-state index contributed by atoms with van der Waals surface area (Å²) >= 11 is 0. The highest BCUT2D eigenvalue weighted by atomic mass is 19.1. The molecule has 24 heavy (non-hydrogen) atoms. The molecular formula is C18H17F2N3O. The molecule has 0 bridgehead atoms. The average Bonchev–Trinajstić information content (AvgIpc) is 3.34. The predicted octanol–water partition coefficient (Wildman–Crippen LogP) is 3.09. The van der Waals surface area contributed by atoms with E-state index in [-0.39, 0.29) is 11.5 Å². The smallest absolute Gasteiger partial charge is 0.246 e. The minimum absolute atomic E-state index is 0.0708. The SMILES string of the molecule is O=C(C=Cc1cc(F)ccc1F)N1CCn2nc(C3CC3)cc2C1. The van der Waals surface area contributed by atoms with E-state index in [2.05, 4.69) is 11.2 Å². The lowest BCUT2D eigenvalue weighted by Crippen LogP contribution is -2.37. The van der Waals surface area contributed by atoms with Crippen molar-refractivity contribution < 1.29 is 13.6 Å². The van der Waals surface area contributed by atoms with Crippen LogP contribution in [-0.2, 0) is 17.9 Å². The van der Waals surface area contributed by atoms with Crippen LogP contribution >= 0.6 is 0 Å². The van der Waals surface area contributed by atoms with Crippen molar-refractivity contribution in [1.29, 1.82) is 0 Å². The van der Waals surface area contributed by atoms with Crippen LogP contribution in [0.25, 0.3) is 6.08 Å². The summed E-state index contributed by atoms with van der Waals surface area (Å²) in [5, 5.41) is 4.59. The van der Waals surface area contributed by atoms with Crippen molar-refractivity contribution in [1.82, 2.24) is 14.7 Å². The van der Waals surface area contributed by atoms with E-state index in [0.29, 0.717) is 25.6 Å². The van der Waals surface area contributed by atoms with E-state index < -0.39 is 11.6 Å². The maximum Gasteiger partial charge on any atom is 0.246 e. The zero-order chi connectivity index (χ0) is 16.7. The number of nitrogens with zero attached hydrogens (tertiary/aromatic N) is 3. The summed E-state index contributed by atoms with van der Waals surface area (Å²) in [5.74, 6) is -0.702. The summed E-state index contributed by atoms with van der Waals surface area (Å²) in [4.78, 5) is 14.0. The number of hydrogen-bond acceptors (Lipinski definition) is 2. The Morgan fingerprint density at radius 3 is 2.83 bits per heavy atom. The Labute approximate surface area is 138 Å². The van der Waals surface area contributed by atoms with Gasteiger partial charge in [0.15, 0.2) is 0 Å². The van der Waals surface area contributed by atoms with E-state index in [0.717, 1.165) is 29.6 Å². The van der Waals surface area contributed by atoms with Crippen molar-refractivity contribution in [2.75, 3.05) is 6.54 Å². The number of halogens is 2. The van der Waals surface area contributed by atoms with Crippen LogP contribution in [0.15, 0.2) is 30.3 Å². The average molecular weight is 329 g/mol. The molecule has 2 aromatic rings. The first-order valence-corrected chi connectivity index (χ1v) is 8.09. The first kappa shape index (κ1) is 15.1. The summed E-state index contributed by atoms with van der Waals surface area (Å²) in [6, 6.07) is 5.26. The van der Waals surface area contributed by atoms with Gasteiger partial charge in [0.25, 0.3) is 0 Å². The molecule has 1 fully saturated rings. The monoisotopic (exact) mass is 329 g/mol. The van der Waals surface area contributed by atoms with Gasteiger partial charge in [-0.05, 0) is 43.2 Å². The maximum atomic E-state index is 13.6. The minimum atomic E-state index is -0.550. The van der Waals surface area contributed by atoms with Crippen LogP contribution in [0.3, 0.4) is 0 Å². The molecule has 0 radical (unpaired) electrons. The molecule has 1 saturated carbocycles. The Hall–Kier alpha value is -2.50. The van der Waals surface area contributed by atoms with E-state index >= 15 is 0 Å². The highest BCUT2D eigenvalue weighted by molar-refractivity contribution is 5.91. The van der Waals surface area contributed by atoms with Crippen molar-refractivity contribution in [3.05, 3.63) is 58.9 Å². The summed E-state index contributed by atoms with van der Waals surface area (Å²) in [6.07, 6.45) is 5.01. The van der Waals surface area contributed by atoms with Gasteiger partial charge in [-0.2, -0.15) is 5.10 Å². The second-order valence-corrected chi connectivity index (χ2v) is 6.32. The van der Waals surface area contributed by atoms with Crippen LogP contribution < -0.4 is 0 Å². The van der Waals surface area contributed by atoms with Crippen LogP contribution in [0.1, 0.15) is 35.7 Å². The first-order valence-electron chi connectivity index (χ1n) is 8.09. The number of fused-ring (bicyclic) bond motifs is 1. The van der Waals surface area contributed by atoms with Gasteiger partial charge in [-0.1, -0.05) is 0 Å². The van der Waals surface area contributed by atoms with Crippen LogP contribution in [0, 0.1) is 11.6 Å². The molecule has 0 saturated heterocycles. The number of carbonyl (C=O) groups is 1. The molecule has 1 aromatic carbocycles. The Kier molecular flexibility index (Phi) is 3.67. The Morgan fingerprint density at radius 2 is 2.04 bits per heavy atom.